The number of rotatable bonds is 6. The van der Waals surface area contributed by atoms with Crippen LogP contribution >= 0.6 is 0 Å². The van der Waals surface area contributed by atoms with Gasteiger partial charge in [-0.1, -0.05) is 36.4 Å². The quantitative estimate of drug-likeness (QED) is 0.673. The van der Waals surface area contributed by atoms with Crippen molar-refractivity contribution in [1.82, 2.24) is 14.2 Å². The first-order valence-electron chi connectivity index (χ1n) is 9.53. The molecule has 29 heavy (non-hydrogen) atoms. The van der Waals surface area contributed by atoms with Crippen LogP contribution in [0.25, 0.3) is 10.9 Å². The molecule has 0 radical (unpaired) electrons. The lowest BCUT2D eigenvalue weighted by Gasteiger charge is -2.15. The van der Waals surface area contributed by atoms with Crippen LogP contribution in [0, 0.1) is 5.82 Å². The van der Waals surface area contributed by atoms with Crippen LogP contribution in [0.5, 0.6) is 0 Å². The topological polar surface area (TPSA) is 71.4 Å². The summed E-state index contributed by atoms with van der Waals surface area (Å²) in [5, 5.41) is 3.69. The van der Waals surface area contributed by atoms with Gasteiger partial charge in [0.05, 0.1) is 12.3 Å². The Morgan fingerprint density at radius 1 is 1.10 bits per heavy atom. The Kier molecular flexibility index (Phi) is 5.38. The molecule has 1 N–H and O–H groups in total. The number of halogens is 1. The molecule has 3 aromatic rings. The van der Waals surface area contributed by atoms with E-state index >= 15 is 0 Å². The van der Waals surface area contributed by atoms with Crippen molar-refractivity contribution >= 4 is 26.8 Å². The fraction of sp³-hybridized carbons (Fsp3) is 0.286. The van der Waals surface area contributed by atoms with Gasteiger partial charge in [0.2, 0.25) is 10.0 Å². The molecular formula is C21H22FN3O3S. The summed E-state index contributed by atoms with van der Waals surface area (Å²) in [5.41, 5.74) is 1.74. The fourth-order valence-corrected chi connectivity index (χ4v) is 5.22. The number of sulfonamides is 1. The summed E-state index contributed by atoms with van der Waals surface area (Å²) in [6, 6.07) is 15.8. The number of fused-ring (bicyclic) bond motifs is 1. The minimum absolute atomic E-state index is 0.165. The first-order chi connectivity index (χ1) is 14.0. The average molecular weight is 415 g/mol. The molecule has 0 atom stereocenters. The molecule has 0 aliphatic carbocycles. The Morgan fingerprint density at radius 2 is 1.86 bits per heavy atom. The summed E-state index contributed by atoms with van der Waals surface area (Å²) >= 11 is 0. The maximum Gasteiger partial charge on any atom is 0.268 e. The van der Waals surface area contributed by atoms with Gasteiger partial charge in [-0.05, 0) is 24.6 Å². The highest BCUT2D eigenvalue weighted by Gasteiger charge is 2.27. The lowest BCUT2D eigenvalue weighted by atomic mass is 10.2. The van der Waals surface area contributed by atoms with Gasteiger partial charge in [0.25, 0.3) is 5.91 Å². The van der Waals surface area contributed by atoms with Crippen LogP contribution in [0.2, 0.25) is 0 Å². The molecule has 0 unspecified atom stereocenters. The minimum atomic E-state index is -3.19. The highest BCUT2D eigenvalue weighted by molar-refractivity contribution is 7.89. The van der Waals surface area contributed by atoms with Gasteiger partial charge in [-0.2, -0.15) is 0 Å². The highest BCUT2D eigenvalue weighted by atomic mass is 32.2. The van der Waals surface area contributed by atoms with Crippen molar-refractivity contribution in [3.05, 3.63) is 71.7 Å². The molecule has 1 amide bonds. The van der Waals surface area contributed by atoms with Gasteiger partial charge in [0.1, 0.15) is 11.5 Å². The molecule has 4 rings (SSSR count). The molecule has 0 saturated carbocycles. The third kappa shape index (κ3) is 4.04. The lowest BCUT2D eigenvalue weighted by Crippen LogP contribution is -2.36. The van der Waals surface area contributed by atoms with Crippen molar-refractivity contribution in [2.75, 3.05) is 25.4 Å². The zero-order valence-corrected chi connectivity index (χ0v) is 16.7. The second-order valence-corrected chi connectivity index (χ2v) is 9.18. The molecule has 2 aromatic carbocycles. The van der Waals surface area contributed by atoms with E-state index < -0.39 is 10.0 Å². The van der Waals surface area contributed by atoms with Crippen LogP contribution in [-0.2, 0) is 16.6 Å². The van der Waals surface area contributed by atoms with E-state index in [4.69, 9.17) is 0 Å². The second-order valence-electron chi connectivity index (χ2n) is 7.09. The van der Waals surface area contributed by atoms with Crippen molar-refractivity contribution in [2.24, 2.45) is 0 Å². The highest BCUT2D eigenvalue weighted by Crippen LogP contribution is 2.22. The van der Waals surface area contributed by atoms with Crippen molar-refractivity contribution in [1.29, 1.82) is 0 Å². The minimum Gasteiger partial charge on any atom is -0.349 e. The standard InChI is InChI=1S/C21H22FN3O3S/c22-18-8-3-1-7-17(18)15-25-19-9-4-2-6-16(19)14-20(25)21(26)23-10-12-24-11-5-13-29(24,27)28/h1-4,6-9,14H,5,10-13,15H2,(H,23,26). The summed E-state index contributed by atoms with van der Waals surface area (Å²) in [6.45, 7) is 1.19. The first kappa shape index (κ1) is 19.6. The van der Waals surface area contributed by atoms with Crippen molar-refractivity contribution in [3.8, 4) is 0 Å². The zero-order valence-electron chi connectivity index (χ0n) is 15.8. The number of hydrogen-bond acceptors (Lipinski definition) is 3. The lowest BCUT2D eigenvalue weighted by molar-refractivity contribution is 0.0943. The molecule has 1 aromatic heterocycles. The largest absolute Gasteiger partial charge is 0.349 e. The predicted molar refractivity (Wildman–Crippen MR) is 110 cm³/mol. The summed E-state index contributed by atoms with van der Waals surface area (Å²) in [7, 11) is -3.19. The van der Waals surface area contributed by atoms with Gasteiger partial charge in [-0.15, -0.1) is 0 Å². The molecule has 0 spiro atoms. The average Bonchev–Trinajstić information content (AvgIpc) is 3.23. The Labute approximate surface area is 169 Å². The molecular weight excluding hydrogens is 393 g/mol. The smallest absolute Gasteiger partial charge is 0.268 e. The molecule has 152 valence electrons. The van der Waals surface area contributed by atoms with E-state index in [2.05, 4.69) is 5.32 Å². The van der Waals surface area contributed by atoms with Gasteiger partial charge in [-0.3, -0.25) is 4.79 Å². The van der Waals surface area contributed by atoms with Crippen LogP contribution < -0.4 is 5.32 Å². The van der Waals surface area contributed by atoms with Crippen LogP contribution in [-0.4, -0.2) is 48.6 Å². The van der Waals surface area contributed by atoms with Gasteiger partial charge >= 0.3 is 0 Å². The number of para-hydroxylation sites is 1. The fourth-order valence-electron chi connectivity index (χ4n) is 3.69. The van der Waals surface area contributed by atoms with E-state index in [1.807, 2.05) is 24.3 Å². The van der Waals surface area contributed by atoms with Gasteiger partial charge < -0.3 is 9.88 Å². The summed E-state index contributed by atoms with van der Waals surface area (Å²) < 4.78 is 41.2. The molecule has 0 bridgehead atoms. The van der Waals surface area contributed by atoms with E-state index in [0.717, 1.165) is 10.9 Å². The number of benzene rings is 2. The van der Waals surface area contributed by atoms with Crippen LogP contribution in [0.1, 0.15) is 22.5 Å². The van der Waals surface area contributed by atoms with Crippen molar-refractivity contribution < 1.29 is 17.6 Å². The van der Waals surface area contributed by atoms with Crippen LogP contribution in [0.4, 0.5) is 4.39 Å². The second kappa shape index (κ2) is 7.96. The first-order valence-corrected chi connectivity index (χ1v) is 11.1. The van der Waals surface area contributed by atoms with E-state index in [9.17, 15) is 17.6 Å². The van der Waals surface area contributed by atoms with Gasteiger partial charge in [0, 0.05) is 36.1 Å². The molecule has 1 fully saturated rings. The monoisotopic (exact) mass is 415 g/mol. The van der Waals surface area contributed by atoms with Crippen LogP contribution in [0.15, 0.2) is 54.6 Å². The summed E-state index contributed by atoms with van der Waals surface area (Å²) in [4.78, 5) is 12.9. The Bertz CT molecular complexity index is 1160. The molecule has 1 aliphatic heterocycles. The maximum atomic E-state index is 14.2. The maximum absolute atomic E-state index is 14.2. The number of carbonyl (C=O) groups excluding carboxylic acids is 1. The number of carbonyl (C=O) groups is 1. The van der Waals surface area contributed by atoms with Crippen molar-refractivity contribution in [2.45, 2.75) is 13.0 Å². The third-order valence-electron chi connectivity index (χ3n) is 5.18. The predicted octanol–water partition coefficient (Wildman–Crippen LogP) is 2.59. The molecule has 1 aliphatic rings. The number of amides is 1. The Balaban J connectivity index is 1.56. The third-order valence-corrected chi connectivity index (χ3v) is 7.14. The normalized spacial score (nSPS) is 16.3. The summed E-state index contributed by atoms with van der Waals surface area (Å²) in [6.07, 6.45) is 0.618. The number of aromatic nitrogens is 1. The Morgan fingerprint density at radius 3 is 2.62 bits per heavy atom. The van der Waals surface area contributed by atoms with Gasteiger partial charge in [0.15, 0.2) is 0 Å². The van der Waals surface area contributed by atoms with Gasteiger partial charge in [-0.25, -0.2) is 17.1 Å². The summed E-state index contributed by atoms with van der Waals surface area (Å²) in [5.74, 6) is -0.470. The SMILES string of the molecule is O=C(NCCN1CCCS1(=O)=O)c1cc2ccccc2n1Cc1ccccc1F. The van der Waals surface area contributed by atoms with E-state index in [1.54, 1.807) is 28.8 Å². The van der Waals surface area contributed by atoms with Crippen molar-refractivity contribution in [3.63, 3.8) is 0 Å². The zero-order chi connectivity index (χ0) is 20.4. The number of hydrogen-bond donors (Lipinski definition) is 1. The van der Waals surface area contributed by atoms with Crippen LogP contribution in [0.3, 0.4) is 0 Å². The molecule has 8 heteroatoms. The van der Waals surface area contributed by atoms with E-state index in [1.165, 1.54) is 10.4 Å². The van der Waals surface area contributed by atoms with E-state index in [0.29, 0.717) is 24.2 Å². The van der Waals surface area contributed by atoms with E-state index in [-0.39, 0.29) is 37.1 Å². The Hall–Kier alpha value is -2.71. The molecule has 2 heterocycles. The number of nitrogens with one attached hydrogen (secondary N) is 1. The molecule has 1 saturated heterocycles. The number of nitrogens with zero attached hydrogens (tertiary/aromatic N) is 2. The molecule has 6 nitrogen and oxygen atoms in total.